The minimum absolute atomic E-state index is 0.116. The van der Waals surface area contributed by atoms with E-state index in [4.69, 9.17) is 18.0 Å². The zero-order valence-corrected chi connectivity index (χ0v) is 11.9. The third-order valence-electron chi connectivity index (χ3n) is 2.73. The topological polar surface area (TPSA) is 55.1 Å². The van der Waals surface area contributed by atoms with Crippen LogP contribution in [0.1, 0.15) is 30.9 Å². The van der Waals surface area contributed by atoms with Crippen molar-refractivity contribution in [1.29, 1.82) is 0 Å². The van der Waals surface area contributed by atoms with Crippen LogP contribution in [-0.4, -0.2) is 10.9 Å². The molecule has 1 unspecified atom stereocenters. The van der Waals surface area contributed by atoms with Gasteiger partial charge in [-0.25, -0.2) is 0 Å². The Labute approximate surface area is 114 Å². The minimum Gasteiger partial charge on any atom is -0.393 e. The van der Waals surface area contributed by atoms with Crippen LogP contribution >= 0.6 is 12.2 Å². The van der Waals surface area contributed by atoms with E-state index in [0.717, 1.165) is 23.2 Å². The van der Waals surface area contributed by atoms with Gasteiger partial charge >= 0.3 is 0 Å². The summed E-state index contributed by atoms with van der Waals surface area (Å²) < 4.78 is 0. The molecule has 1 aromatic carbocycles. The fourth-order valence-electron chi connectivity index (χ4n) is 1.97. The Morgan fingerprint density at radius 2 is 1.89 bits per heavy atom. The zero-order valence-electron chi connectivity index (χ0n) is 11.1. The average Bonchev–Trinajstić information content (AvgIpc) is 2.23. The van der Waals surface area contributed by atoms with Gasteiger partial charge in [0.25, 0.3) is 0 Å². The number of benzene rings is 1. The molecule has 0 bridgehead atoms. The van der Waals surface area contributed by atoms with Gasteiger partial charge in [0.15, 0.2) is 0 Å². The highest BCUT2D eigenvalue weighted by Gasteiger charge is 2.20. The highest BCUT2D eigenvalue weighted by Crippen LogP contribution is 2.16. The summed E-state index contributed by atoms with van der Waals surface area (Å²) in [5, 5.41) is 2.88. The monoisotopic (exact) mass is 264 g/mol. The molecule has 0 spiro atoms. The molecule has 1 aromatic rings. The van der Waals surface area contributed by atoms with Crippen molar-refractivity contribution in [1.82, 2.24) is 0 Å². The molecule has 0 aliphatic carbocycles. The van der Waals surface area contributed by atoms with Gasteiger partial charge in [-0.3, -0.25) is 4.79 Å². The zero-order chi connectivity index (χ0) is 13.7. The summed E-state index contributed by atoms with van der Waals surface area (Å²) in [6.45, 7) is 6.01. The number of carbonyl (C=O) groups is 1. The molecular formula is C14H20N2OS. The summed E-state index contributed by atoms with van der Waals surface area (Å²) in [4.78, 5) is 12.4. The van der Waals surface area contributed by atoms with Crippen LogP contribution in [0.25, 0.3) is 0 Å². The Bertz CT molecular complexity index is 437. The number of thiocarbonyl (C=S) groups is 1. The third-order valence-corrected chi connectivity index (χ3v) is 3.01. The fourth-order valence-corrected chi connectivity index (χ4v) is 2.19. The van der Waals surface area contributed by atoms with Gasteiger partial charge in [-0.15, -0.1) is 0 Å². The molecule has 1 atom stereocenters. The van der Waals surface area contributed by atoms with Crippen LogP contribution in [0, 0.1) is 19.8 Å². The first-order valence-corrected chi connectivity index (χ1v) is 6.53. The van der Waals surface area contributed by atoms with Gasteiger partial charge in [0, 0.05) is 5.69 Å². The second kappa shape index (κ2) is 6.50. The maximum Gasteiger partial charge on any atom is 0.234 e. The van der Waals surface area contributed by atoms with E-state index in [0.29, 0.717) is 6.42 Å². The lowest BCUT2D eigenvalue weighted by Crippen LogP contribution is -2.33. The van der Waals surface area contributed by atoms with E-state index in [1.807, 2.05) is 32.9 Å². The van der Waals surface area contributed by atoms with Crippen LogP contribution in [0.3, 0.4) is 0 Å². The Hall–Kier alpha value is -1.42. The van der Waals surface area contributed by atoms with Crippen molar-refractivity contribution in [3.05, 3.63) is 29.3 Å². The second-order valence-electron chi connectivity index (χ2n) is 4.61. The summed E-state index contributed by atoms with van der Waals surface area (Å²) >= 11 is 4.94. The van der Waals surface area contributed by atoms with Crippen LogP contribution < -0.4 is 11.1 Å². The van der Waals surface area contributed by atoms with Gasteiger partial charge in [-0.1, -0.05) is 31.6 Å². The average molecular weight is 264 g/mol. The molecule has 4 heteroatoms. The molecule has 1 amide bonds. The maximum atomic E-state index is 12.1. The molecular weight excluding hydrogens is 244 g/mol. The van der Waals surface area contributed by atoms with Crippen molar-refractivity contribution in [3.8, 4) is 0 Å². The van der Waals surface area contributed by atoms with E-state index < -0.39 is 0 Å². The molecule has 0 saturated carbocycles. The maximum absolute atomic E-state index is 12.1. The van der Waals surface area contributed by atoms with Crippen LogP contribution in [0.4, 0.5) is 5.69 Å². The highest BCUT2D eigenvalue weighted by atomic mass is 32.1. The molecule has 0 aliphatic rings. The van der Waals surface area contributed by atoms with Gasteiger partial charge in [0.1, 0.15) is 0 Å². The molecule has 0 saturated heterocycles. The fraction of sp³-hybridized carbons (Fsp3) is 0.429. The minimum atomic E-state index is -0.384. The number of carbonyl (C=O) groups excluding carboxylic acids is 1. The van der Waals surface area contributed by atoms with Crippen LogP contribution in [-0.2, 0) is 4.79 Å². The molecule has 3 nitrogen and oxygen atoms in total. The van der Waals surface area contributed by atoms with Gasteiger partial charge in [0.2, 0.25) is 5.91 Å². The Morgan fingerprint density at radius 3 is 2.33 bits per heavy atom. The summed E-state index contributed by atoms with van der Waals surface area (Å²) in [5.74, 6) is -0.500. The lowest BCUT2D eigenvalue weighted by atomic mass is 10.0. The Morgan fingerprint density at radius 1 is 1.33 bits per heavy atom. The molecule has 1 rings (SSSR count). The first-order valence-electron chi connectivity index (χ1n) is 6.12. The SMILES string of the molecule is CCCC(C(=O)Nc1cc(C)cc(C)c1)C(N)=S. The van der Waals surface area contributed by atoms with Crippen molar-refractivity contribution in [2.45, 2.75) is 33.6 Å². The van der Waals surface area contributed by atoms with Gasteiger partial charge in [-0.05, 0) is 43.5 Å². The van der Waals surface area contributed by atoms with Crippen LogP contribution in [0.15, 0.2) is 18.2 Å². The molecule has 0 fully saturated rings. The van der Waals surface area contributed by atoms with Crippen LogP contribution in [0.5, 0.6) is 0 Å². The lowest BCUT2D eigenvalue weighted by Gasteiger charge is -2.15. The van der Waals surface area contributed by atoms with Crippen molar-refractivity contribution < 1.29 is 4.79 Å². The number of hydrogen-bond acceptors (Lipinski definition) is 2. The molecule has 0 heterocycles. The van der Waals surface area contributed by atoms with Crippen LogP contribution in [0.2, 0.25) is 0 Å². The number of hydrogen-bond donors (Lipinski definition) is 2. The van der Waals surface area contributed by atoms with Crippen molar-refractivity contribution in [2.75, 3.05) is 5.32 Å². The van der Waals surface area contributed by atoms with E-state index in [1.165, 1.54) is 0 Å². The van der Waals surface area contributed by atoms with Gasteiger partial charge in [0.05, 0.1) is 10.9 Å². The van der Waals surface area contributed by atoms with E-state index in [9.17, 15) is 4.79 Å². The summed E-state index contributed by atoms with van der Waals surface area (Å²) in [7, 11) is 0. The highest BCUT2D eigenvalue weighted by molar-refractivity contribution is 7.80. The predicted octanol–water partition coefficient (Wildman–Crippen LogP) is 2.94. The predicted molar refractivity (Wildman–Crippen MR) is 79.7 cm³/mol. The lowest BCUT2D eigenvalue weighted by molar-refractivity contribution is -0.118. The van der Waals surface area contributed by atoms with E-state index >= 15 is 0 Å². The summed E-state index contributed by atoms with van der Waals surface area (Å²) in [6.07, 6.45) is 1.56. The number of amides is 1. The van der Waals surface area contributed by atoms with Crippen molar-refractivity contribution in [3.63, 3.8) is 0 Å². The third kappa shape index (κ3) is 4.11. The summed E-state index contributed by atoms with van der Waals surface area (Å²) in [6, 6.07) is 5.94. The number of anilines is 1. The first-order chi connectivity index (χ1) is 8.43. The molecule has 0 aromatic heterocycles. The molecule has 0 radical (unpaired) electrons. The molecule has 98 valence electrons. The standard InChI is InChI=1S/C14H20N2OS/c1-4-5-12(13(15)18)14(17)16-11-7-9(2)6-10(3)8-11/h6-8,12H,4-5H2,1-3H3,(H2,15,18)(H,16,17). The van der Waals surface area contributed by atoms with Crippen molar-refractivity contribution >= 4 is 28.8 Å². The molecule has 3 N–H and O–H groups in total. The number of rotatable bonds is 5. The van der Waals surface area contributed by atoms with Gasteiger partial charge < -0.3 is 11.1 Å². The first kappa shape index (κ1) is 14.6. The number of nitrogens with two attached hydrogens (primary N) is 1. The number of aryl methyl sites for hydroxylation is 2. The van der Waals surface area contributed by atoms with E-state index in [2.05, 4.69) is 11.4 Å². The largest absolute Gasteiger partial charge is 0.393 e. The normalized spacial score (nSPS) is 11.9. The Balaban J connectivity index is 2.82. The molecule has 0 aliphatic heterocycles. The molecule has 18 heavy (non-hydrogen) atoms. The number of nitrogens with one attached hydrogen (secondary N) is 1. The summed E-state index contributed by atoms with van der Waals surface area (Å²) in [5.41, 5.74) is 8.64. The van der Waals surface area contributed by atoms with Gasteiger partial charge in [-0.2, -0.15) is 0 Å². The van der Waals surface area contributed by atoms with E-state index in [-0.39, 0.29) is 16.8 Å². The second-order valence-corrected chi connectivity index (χ2v) is 5.08. The quantitative estimate of drug-likeness (QED) is 0.804. The van der Waals surface area contributed by atoms with Crippen molar-refractivity contribution in [2.24, 2.45) is 11.7 Å². The smallest absolute Gasteiger partial charge is 0.234 e. The Kier molecular flexibility index (Phi) is 5.28. The van der Waals surface area contributed by atoms with E-state index in [1.54, 1.807) is 0 Å².